The van der Waals surface area contributed by atoms with Crippen molar-refractivity contribution >= 4 is 17.8 Å². The lowest BCUT2D eigenvalue weighted by Gasteiger charge is -2.15. The largest absolute Gasteiger partial charge is 0.497 e. The third-order valence-corrected chi connectivity index (χ3v) is 4.81. The van der Waals surface area contributed by atoms with Crippen LogP contribution in [0.2, 0.25) is 0 Å². The number of unbranched alkanes of at least 4 members (excludes halogenated alkanes) is 1. The Balaban J connectivity index is 1.71. The molecule has 2 amide bonds. The van der Waals surface area contributed by atoms with E-state index in [1.165, 1.54) is 7.11 Å². The molecular formula is C23H29N3O5. The maximum absolute atomic E-state index is 12.3. The zero-order valence-electron chi connectivity index (χ0n) is 17.5. The number of aliphatic carboxylic acids is 1. The van der Waals surface area contributed by atoms with Gasteiger partial charge < -0.3 is 26.2 Å². The second kappa shape index (κ2) is 12.3. The number of rotatable bonds is 12. The molecule has 0 aromatic heterocycles. The van der Waals surface area contributed by atoms with Crippen molar-refractivity contribution in [3.8, 4) is 5.75 Å². The van der Waals surface area contributed by atoms with E-state index < -0.39 is 24.0 Å². The summed E-state index contributed by atoms with van der Waals surface area (Å²) in [7, 11) is 1.52. The van der Waals surface area contributed by atoms with E-state index in [0.29, 0.717) is 37.1 Å². The van der Waals surface area contributed by atoms with Crippen LogP contribution in [0.3, 0.4) is 0 Å². The van der Waals surface area contributed by atoms with Gasteiger partial charge in [0.25, 0.3) is 5.91 Å². The Morgan fingerprint density at radius 2 is 1.71 bits per heavy atom. The number of nitrogens with two attached hydrogens (primary N) is 1. The summed E-state index contributed by atoms with van der Waals surface area (Å²) in [5.74, 6) is -1.20. The fourth-order valence-corrected chi connectivity index (χ4v) is 3.02. The molecule has 0 bridgehead atoms. The molecular weight excluding hydrogens is 398 g/mol. The van der Waals surface area contributed by atoms with E-state index in [9.17, 15) is 19.5 Å². The highest BCUT2D eigenvalue weighted by Crippen LogP contribution is 2.12. The van der Waals surface area contributed by atoms with E-state index in [0.717, 1.165) is 5.56 Å². The van der Waals surface area contributed by atoms with E-state index in [-0.39, 0.29) is 12.3 Å². The fraction of sp³-hybridized carbons (Fsp3) is 0.348. The van der Waals surface area contributed by atoms with Crippen molar-refractivity contribution in [3.63, 3.8) is 0 Å². The van der Waals surface area contributed by atoms with Crippen LogP contribution in [0, 0.1) is 0 Å². The van der Waals surface area contributed by atoms with Gasteiger partial charge in [-0.3, -0.25) is 9.59 Å². The summed E-state index contributed by atoms with van der Waals surface area (Å²) in [5.41, 5.74) is 7.28. The summed E-state index contributed by atoms with van der Waals surface area (Å²) < 4.78 is 5.04. The van der Waals surface area contributed by atoms with Gasteiger partial charge in [-0.25, -0.2) is 4.79 Å². The molecule has 2 atom stereocenters. The highest BCUT2D eigenvalue weighted by molar-refractivity contribution is 5.96. The molecule has 166 valence electrons. The number of ether oxygens (including phenoxy) is 1. The van der Waals surface area contributed by atoms with Crippen LogP contribution in [0.4, 0.5) is 0 Å². The van der Waals surface area contributed by atoms with Gasteiger partial charge >= 0.3 is 5.97 Å². The number of carboxylic acids is 1. The first-order chi connectivity index (χ1) is 14.9. The molecule has 0 spiro atoms. The quantitative estimate of drug-likeness (QED) is 0.382. The molecule has 2 rings (SSSR count). The predicted octanol–water partition coefficient (Wildman–Crippen LogP) is 1.73. The molecule has 0 aliphatic heterocycles. The van der Waals surface area contributed by atoms with Gasteiger partial charge in [-0.05, 0) is 55.5 Å². The molecule has 8 heteroatoms. The minimum Gasteiger partial charge on any atom is -0.497 e. The van der Waals surface area contributed by atoms with E-state index in [1.54, 1.807) is 24.3 Å². The molecule has 0 unspecified atom stereocenters. The number of carbonyl (C=O) groups is 3. The highest BCUT2D eigenvalue weighted by atomic mass is 16.5. The highest BCUT2D eigenvalue weighted by Gasteiger charge is 2.20. The lowest BCUT2D eigenvalue weighted by atomic mass is 10.1. The van der Waals surface area contributed by atoms with E-state index in [2.05, 4.69) is 10.6 Å². The van der Waals surface area contributed by atoms with E-state index in [4.69, 9.17) is 10.5 Å². The second-order valence-corrected chi connectivity index (χ2v) is 7.18. The maximum Gasteiger partial charge on any atom is 0.326 e. The summed E-state index contributed by atoms with van der Waals surface area (Å²) in [5, 5.41) is 14.7. The fourth-order valence-electron chi connectivity index (χ4n) is 3.02. The number of hydrogen-bond acceptors (Lipinski definition) is 5. The topological polar surface area (TPSA) is 131 Å². The van der Waals surface area contributed by atoms with E-state index in [1.807, 2.05) is 30.3 Å². The van der Waals surface area contributed by atoms with E-state index >= 15 is 0 Å². The molecule has 0 saturated heterocycles. The standard InChI is InChI=1S/C23H29N3O5/c1-31-18-12-10-17(11-13-18)21(27)26-20(23(29)30)9-5-6-14-25-22(28)19(24)15-16-7-3-2-4-8-16/h2-4,7-8,10-13,19-20H,5-6,9,14-15,24H2,1H3,(H,25,28)(H,26,27)(H,29,30)/t19-,20-/m0/s1. The molecule has 5 N–H and O–H groups in total. The first-order valence-electron chi connectivity index (χ1n) is 10.2. The van der Waals surface area contributed by atoms with Crippen LogP contribution in [0.25, 0.3) is 0 Å². The van der Waals surface area contributed by atoms with Gasteiger partial charge in [0.1, 0.15) is 11.8 Å². The lowest BCUT2D eigenvalue weighted by Crippen LogP contribution is -2.42. The molecule has 0 saturated carbocycles. The summed E-state index contributed by atoms with van der Waals surface area (Å²) in [6.45, 7) is 0.389. The maximum atomic E-state index is 12.3. The number of methoxy groups -OCH3 is 1. The first-order valence-corrected chi connectivity index (χ1v) is 10.2. The lowest BCUT2D eigenvalue weighted by molar-refractivity contribution is -0.139. The van der Waals surface area contributed by atoms with Crippen LogP contribution in [-0.4, -0.2) is 48.6 Å². The number of benzene rings is 2. The Morgan fingerprint density at radius 3 is 2.32 bits per heavy atom. The summed E-state index contributed by atoms with van der Waals surface area (Å²) >= 11 is 0. The van der Waals surface area contributed by atoms with Crippen LogP contribution in [0.1, 0.15) is 35.2 Å². The van der Waals surface area contributed by atoms with Crippen molar-refractivity contribution in [3.05, 3.63) is 65.7 Å². The number of amides is 2. The van der Waals surface area contributed by atoms with Crippen molar-refractivity contribution in [1.82, 2.24) is 10.6 Å². The van der Waals surface area contributed by atoms with Crippen LogP contribution >= 0.6 is 0 Å². The summed E-state index contributed by atoms with van der Waals surface area (Å²) in [4.78, 5) is 35.9. The zero-order chi connectivity index (χ0) is 22.6. The SMILES string of the molecule is COc1ccc(C(=O)N[C@@H](CCCCNC(=O)[C@@H](N)Cc2ccccc2)C(=O)O)cc1. The predicted molar refractivity (Wildman–Crippen MR) is 117 cm³/mol. The van der Waals surface area contributed by atoms with Gasteiger partial charge in [-0.2, -0.15) is 0 Å². The molecule has 31 heavy (non-hydrogen) atoms. The zero-order valence-corrected chi connectivity index (χ0v) is 17.5. The Hall–Kier alpha value is -3.39. The van der Waals surface area contributed by atoms with Crippen LogP contribution < -0.4 is 21.1 Å². The smallest absolute Gasteiger partial charge is 0.326 e. The Bertz CT molecular complexity index is 855. The average Bonchev–Trinajstić information content (AvgIpc) is 2.78. The number of carbonyl (C=O) groups excluding carboxylic acids is 2. The molecule has 2 aromatic carbocycles. The molecule has 0 aliphatic rings. The monoisotopic (exact) mass is 427 g/mol. The van der Waals surface area contributed by atoms with Crippen molar-refractivity contribution in [2.45, 2.75) is 37.8 Å². The van der Waals surface area contributed by atoms with Crippen molar-refractivity contribution in [2.75, 3.05) is 13.7 Å². The Kier molecular flexibility index (Phi) is 9.51. The summed E-state index contributed by atoms with van der Waals surface area (Å²) in [6, 6.07) is 14.3. The van der Waals surface area contributed by atoms with Gasteiger partial charge in [0.05, 0.1) is 13.2 Å². The van der Waals surface area contributed by atoms with Crippen molar-refractivity contribution < 1.29 is 24.2 Å². The molecule has 0 radical (unpaired) electrons. The van der Waals surface area contributed by atoms with Gasteiger partial charge in [-0.15, -0.1) is 0 Å². The average molecular weight is 428 g/mol. The van der Waals surface area contributed by atoms with Gasteiger partial charge in [0, 0.05) is 12.1 Å². The van der Waals surface area contributed by atoms with Gasteiger partial charge in [0.2, 0.25) is 5.91 Å². The minimum atomic E-state index is -1.10. The first kappa shape index (κ1) is 23.9. The molecule has 0 fully saturated rings. The van der Waals surface area contributed by atoms with Gasteiger partial charge in [-0.1, -0.05) is 30.3 Å². The number of nitrogens with one attached hydrogen (secondary N) is 2. The number of hydrogen-bond donors (Lipinski definition) is 4. The third-order valence-electron chi connectivity index (χ3n) is 4.81. The number of carboxylic acid groups (broad SMARTS) is 1. The van der Waals surface area contributed by atoms with Crippen LogP contribution in [0.5, 0.6) is 5.75 Å². The van der Waals surface area contributed by atoms with Crippen molar-refractivity contribution in [2.24, 2.45) is 5.73 Å². The summed E-state index contributed by atoms with van der Waals surface area (Å²) in [6.07, 6.45) is 1.80. The molecule has 0 heterocycles. The van der Waals surface area contributed by atoms with Crippen LogP contribution in [0.15, 0.2) is 54.6 Å². The minimum absolute atomic E-state index is 0.244. The van der Waals surface area contributed by atoms with Crippen molar-refractivity contribution in [1.29, 1.82) is 0 Å². The Labute approximate surface area is 181 Å². The Morgan fingerprint density at radius 1 is 1.03 bits per heavy atom. The molecule has 0 aliphatic carbocycles. The third kappa shape index (κ3) is 8.10. The molecule has 8 nitrogen and oxygen atoms in total. The van der Waals surface area contributed by atoms with Gasteiger partial charge in [0.15, 0.2) is 0 Å². The molecule has 2 aromatic rings. The normalized spacial score (nSPS) is 12.5. The van der Waals surface area contributed by atoms with Crippen LogP contribution in [-0.2, 0) is 16.0 Å². The second-order valence-electron chi connectivity index (χ2n) is 7.18.